The number of nitrogens with two attached hydrogens (primary N) is 1. The van der Waals surface area contributed by atoms with Crippen LogP contribution in [-0.2, 0) is 10.3 Å². The maximum atomic E-state index is 11.0. The van der Waals surface area contributed by atoms with Crippen molar-refractivity contribution in [3.8, 4) is 0 Å². The van der Waals surface area contributed by atoms with E-state index in [1.165, 1.54) is 6.08 Å². The summed E-state index contributed by atoms with van der Waals surface area (Å²) in [6, 6.07) is 6.66. The summed E-state index contributed by atoms with van der Waals surface area (Å²) in [6.45, 7) is 0. The third-order valence-electron chi connectivity index (χ3n) is 2.74. The molecule has 0 heterocycles. The summed E-state index contributed by atoms with van der Waals surface area (Å²) < 4.78 is 0. The number of carbonyl (C=O) groups is 1. The number of nitrogens with zero attached hydrogens (tertiary/aromatic N) is 1. The number of fused-ring (bicyclic) bond motifs is 1. The molecule has 1 aliphatic carbocycles. The van der Waals surface area contributed by atoms with Gasteiger partial charge in [-0.3, -0.25) is 10.1 Å². The van der Waals surface area contributed by atoms with Crippen LogP contribution in [0, 0.1) is 10.1 Å². The van der Waals surface area contributed by atoms with Crippen LogP contribution in [0.3, 0.4) is 0 Å². The van der Waals surface area contributed by atoms with E-state index in [0.717, 1.165) is 0 Å². The number of hydrogen-bond acceptors (Lipinski definition) is 4. The van der Waals surface area contributed by atoms with Crippen molar-refractivity contribution in [2.75, 3.05) is 0 Å². The number of benzene rings is 1. The summed E-state index contributed by atoms with van der Waals surface area (Å²) in [6.07, 6.45) is 2.19. The Kier molecular flexibility index (Phi) is 2.32. The van der Waals surface area contributed by atoms with Crippen molar-refractivity contribution in [1.29, 1.82) is 0 Å². The monoisotopic (exact) mass is 218 g/mol. The van der Waals surface area contributed by atoms with Gasteiger partial charge in [-0.25, -0.2) is 0 Å². The molecule has 5 heteroatoms. The van der Waals surface area contributed by atoms with Crippen molar-refractivity contribution in [1.82, 2.24) is 0 Å². The molecule has 1 aliphatic rings. The minimum atomic E-state index is -1.14. The number of rotatable bonds is 2. The van der Waals surface area contributed by atoms with Crippen LogP contribution in [0.1, 0.15) is 17.5 Å². The van der Waals surface area contributed by atoms with Gasteiger partial charge in [-0.05, 0) is 17.7 Å². The van der Waals surface area contributed by atoms with E-state index in [4.69, 9.17) is 5.73 Å². The van der Waals surface area contributed by atoms with Gasteiger partial charge in [-0.2, -0.15) is 0 Å². The van der Waals surface area contributed by atoms with Crippen molar-refractivity contribution in [3.05, 3.63) is 51.6 Å². The first-order chi connectivity index (χ1) is 7.58. The van der Waals surface area contributed by atoms with Crippen LogP contribution in [0.25, 0.3) is 5.70 Å². The van der Waals surface area contributed by atoms with Crippen molar-refractivity contribution >= 4 is 12.0 Å². The highest BCUT2D eigenvalue weighted by Crippen LogP contribution is 2.34. The summed E-state index contributed by atoms with van der Waals surface area (Å²) in [5.41, 5.74) is 5.70. The van der Waals surface area contributed by atoms with E-state index < -0.39 is 10.5 Å². The van der Waals surface area contributed by atoms with Crippen molar-refractivity contribution in [3.63, 3.8) is 0 Å². The van der Waals surface area contributed by atoms with Crippen molar-refractivity contribution in [2.45, 2.75) is 12.0 Å². The first kappa shape index (κ1) is 10.5. The smallest absolute Gasteiger partial charge is 0.273 e. The Bertz CT molecular complexity index is 496. The fourth-order valence-electron chi connectivity index (χ4n) is 1.88. The summed E-state index contributed by atoms with van der Waals surface area (Å²) in [5, 5.41) is 10.8. The van der Waals surface area contributed by atoms with E-state index in [9.17, 15) is 14.9 Å². The molecule has 1 aromatic rings. The second-order valence-corrected chi connectivity index (χ2v) is 3.75. The highest BCUT2D eigenvalue weighted by atomic mass is 16.6. The second kappa shape index (κ2) is 3.53. The molecule has 82 valence electrons. The molecule has 0 aliphatic heterocycles. The topological polar surface area (TPSA) is 86.2 Å². The molecule has 0 spiro atoms. The van der Waals surface area contributed by atoms with E-state index in [1.807, 2.05) is 0 Å². The molecule has 0 aromatic heterocycles. The number of carbonyl (C=O) groups excluding carboxylic acids is 1. The molecule has 16 heavy (non-hydrogen) atoms. The first-order valence-corrected chi connectivity index (χ1v) is 4.78. The highest BCUT2D eigenvalue weighted by molar-refractivity contribution is 5.77. The molecule has 0 bridgehead atoms. The number of hydrogen-bond donors (Lipinski definition) is 1. The predicted molar refractivity (Wildman–Crippen MR) is 58.0 cm³/mol. The summed E-state index contributed by atoms with van der Waals surface area (Å²) in [7, 11) is 0. The average molecular weight is 218 g/mol. The third-order valence-corrected chi connectivity index (χ3v) is 2.74. The van der Waals surface area contributed by atoms with E-state index in [-0.39, 0.29) is 12.1 Å². The number of nitro groups is 1. The van der Waals surface area contributed by atoms with Gasteiger partial charge in [0.1, 0.15) is 11.8 Å². The van der Waals surface area contributed by atoms with Gasteiger partial charge in [0.05, 0.1) is 10.5 Å². The van der Waals surface area contributed by atoms with Gasteiger partial charge in [0, 0.05) is 6.42 Å². The lowest BCUT2D eigenvalue weighted by molar-refractivity contribution is -0.376. The zero-order chi connectivity index (χ0) is 11.8. The Morgan fingerprint density at radius 2 is 2.12 bits per heavy atom. The standard InChI is InChI=1S/C11H10N2O3/c12-11(7-14)6-5-10(13(15)16)8-3-1-2-4-9(8)11/h1-5,7H,6,12H2. The summed E-state index contributed by atoms with van der Waals surface area (Å²) in [4.78, 5) is 21.4. The number of aldehydes is 1. The molecule has 0 saturated carbocycles. The zero-order valence-electron chi connectivity index (χ0n) is 8.42. The Morgan fingerprint density at radius 3 is 2.75 bits per heavy atom. The van der Waals surface area contributed by atoms with Crippen LogP contribution >= 0.6 is 0 Å². The Morgan fingerprint density at radius 1 is 1.44 bits per heavy atom. The van der Waals surface area contributed by atoms with Crippen LogP contribution in [0.5, 0.6) is 0 Å². The molecule has 0 amide bonds. The molecule has 1 atom stereocenters. The minimum absolute atomic E-state index is 0.0125. The SMILES string of the molecule is NC1(C=O)CC=C([N+](=O)[O-])c2ccccc21. The lowest BCUT2D eigenvalue weighted by atomic mass is 9.80. The quantitative estimate of drug-likeness (QED) is 0.457. The van der Waals surface area contributed by atoms with Crippen LogP contribution in [0.4, 0.5) is 0 Å². The average Bonchev–Trinajstić information content (AvgIpc) is 2.29. The van der Waals surface area contributed by atoms with E-state index in [2.05, 4.69) is 0 Å². The minimum Gasteiger partial charge on any atom is -0.315 e. The molecule has 5 nitrogen and oxygen atoms in total. The predicted octanol–water partition coefficient (Wildman–Crippen LogP) is 1.06. The third kappa shape index (κ3) is 1.42. The molecular weight excluding hydrogens is 208 g/mol. The second-order valence-electron chi connectivity index (χ2n) is 3.75. The van der Waals surface area contributed by atoms with Gasteiger partial charge in [-0.15, -0.1) is 0 Å². The van der Waals surface area contributed by atoms with Gasteiger partial charge in [0.15, 0.2) is 0 Å². The van der Waals surface area contributed by atoms with E-state index in [0.29, 0.717) is 17.4 Å². The fourth-order valence-corrected chi connectivity index (χ4v) is 1.88. The molecular formula is C11H10N2O3. The molecule has 1 unspecified atom stereocenters. The molecule has 2 rings (SSSR count). The maximum Gasteiger partial charge on any atom is 0.273 e. The first-order valence-electron chi connectivity index (χ1n) is 4.78. The Balaban J connectivity index is 2.65. The van der Waals surface area contributed by atoms with Gasteiger partial charge >= 0.3 is 0 Å². The van der Waals surface area contributed by atoms with E-state index >= 15 is 0 Å². The van der Waals surface area contributed by atoms with Gasteiger partial charge in [0.2, 0.25) is 0 Å². The summed E-state index contributed by atoms with van der Waals surface area (Å²) >= 11 is 0. The van der Waals surface area contributed by atoms with Crippen LogP contribution in [-0.4, -0.2) is 11.2 Å². The molecule has 1 aromatic carbocycles. The lowest BCUT2D eigenvalue weighted by Crippen LogP contribution is -2.40. The highest BCUT2D eigenvalue weighted by Gasteiger charge is 2.36. The van der Waals surface area contributed by atoms with E-state index in [1.54, 1.807) is 24.3 Å². The van der Waals surface area contributed by atoms with Gasteiger partial charge in [-0.1, -0.05) is 18.2 Å². The molecule has 0 fully saturated rings. The van der Waals surface area contributed by atoms with Crippen LogP contribution < -0.4 is 5.73 Å². The fraction of sp³-hybridized carbons (Fsp3) is 0.182. The van der Waals surface area contributed by atoms with Crippen LogP contribution in [0.2, 0.25) is 0 Å². The Hall–Kier alpha value is -2.01. The maximum absolute atomic E-state index is 11.0. The van der Waals surface area contributed by atoms with Crippen molar-refractivity contribution < 1.29 is 9.72 Å². The molecule has 2 N–H and O–H groups in total. The van der Waals surface area contributed by atoms with Crippen molar-refractivity contribution in [2.24, 2.45) is 5.73 Å². The summed E-state index contributed by atoms with van der Waals surface area (Å²) in [5.74, 6) is 0. The van der Waals surface area contributed by atoms with Gasteiger partial charge in [0.25, 0.3) is 5.70 Å². The normalized spacial score (nSPS) is 23.2. The van der Waals surface area contributed by atoms with Gasteiger partial charge < -0.3 is 10.5 Å². The Labute approximate surface area is 91.7 Å². The molecule has 0 saturated heterocycles. The zero-order valence-corrected chi connectivity index (χ0v) is 8.42. The van der Waals surface area contributed by atoms with Crippen LogP contribution in [0.15, 0.2) is 30.3 Å². The lowest BCUT2D eigenvalue weighted by Gasteiger charge is -2.27. The molecule has 0 radical (unpaired) electrons. The largest absolute Gasteiger partial charge is 0.315 e.